The molecule has 0 saturated heterocycles. The van der Waals surface area contributed by atoms with Crippen LogP contribution in [0.15, 0.2) is 18.3 Å². The standard InChI is InChI=1S/C14H23N3O2/c1-14(2,6-7-19-3)10-17-13(18)12-5-4-11(8-15)9-16-12/h4-5,9H,6-8,10,15H2,1-3H3,(H,17,18). The van der Waals surface area contributed by atoms with Crippen LogP contribution in [-0.2, 0) is 11.3 Å². The van der Waals surface area contributed by atoms with Gasteiger partial charge in [0.25, 0.3) is 5.91 Å². The van der Waals surface area contributed by atoms with Gasteiger partial charge in [0.05, 0.1) is 0 Å². The van der Waals surface area contributed by atoms with Crippen molar-refractivity contribution in [1.29, 1.82) is 0 Å². The van der Waals surface area contributed by atoms with E-state index in [-0.39, 0.29) is 11.3 Å². The Bertz CT molecular complexity index is 402. The lowest BCUT2D eigenvalue weighted by Gasteiger charge is -2.24. The van der Waals surface area contributed by atoms with Crippen LogP contribution in [-0.4, -0.2) is 31.2 Å². The molecule has 0 spiro atoms. The molecule has 0 aromatic carbocycles. The van der Waals surface area contributed by atoms with Gasteiger partial charge in [-0.1, -0.05) is 19.9 Å². The van der Waals surface area contributed by atoms with E-state index in [9.17, 15) is 4.79 Å². The zero-order valence-electron chi connectivity index (χ0n) is 11.9. The number of aromatic nitrogens is 1. The molecule has 0 unspecified atom stereocenters. The predicted octanol–water partition coefficient (Wildman–Crippen LogP) is 1.33. The summed E-state index contributed by atoms with van der Waals surface area (Å²) in [5, 5.41) is 2.90. The minimum Gasteiger partial charge on any atom is -0.385 e. The Morgan fingerprint density at radius 2 is 2.21 bits per heavy atom. The predicted molar refractivity (Wildman–Crippen MR) is 74.7 cm³/mol. The highest BCUT2D eigenvalue weighted by atomic mass is 16.5. The SMILES string of the molecule is COCCC(C)(C)CNC(=O)c1ccc(CN)cn1. The Kier molecular flexibility index (Phi) is 5.92. The van der Waals surface area contributed by atoms with Crippen LogP contribution in [0, 0.1) is 5.41 Å². The Morgan fingerprint density at radius 3 is 2.74 bits per heavy atom. The molecule has 1 rings (SSSR count). The van der Waals surface area contributed by atoms with Gasteiger partial charge in [-0.2, -0.15) is 0 Å². The number of rotatable bonds is 7. The minimum absolute atomic E-state index is 0.00285. The maximum Gasteiger partial charge on any atom is 0.269 e. The van der Waals surface area contributed by atoms with E-state index in [1.54, 1.807) is 19.4 Å². The number of ether oxygens (including phenoxy) is 1. The summed E-state index contributed by atoms with van der Waals surface area (Å²) in [7, 11) is 1.68. The summed E-state index contributed by atoms with van der Waals surface area (Å²) in [6.07, 6.45) is 2.52. The molecule has 0 radical (unpaired) electrons. The van der Waals surface area contributed by atoms with Crippen LogP contribution in [0.25, 0.3) is 0 Å². The summed E-state index contributed by atoms with van der Waals surface area (Å²) < 4.78 is 5.06. The van der Waals surface area contributed by atoms with E-state index in [1.807, 2.05) is 6.07 Å². The number of amides is 1. The maximum atomic E-state index is 11.9. The van der Waals surface area contributed by atoms with Crippen molar-refractivity contribution in [1.82, 2.24) is 10.3 Å². The molecule has 0 aliphatic carbocycles. The van der Waals surface area contributed by atoms with Crippen molar-refractivity contribution < 1.29 is 9.53 Å². The number of nitrogens with one attached hydrogen (secondary N) is 1. The number of nitrogens with two attached hydrogens (primary N) is 1. The van der Waals surface area contributed by atoms with Crippen LogP contribution in [0.3, 0.4) is 0 Å². The van der Waals surface area contributed by atoms with Gasteiger partial charge in [0, 0.05) is 33.0 Å². The van der Waals surface area contributed by atoms with E-state index < -0.39 is 0 Å². The van der Waals surface area contributed by atoms with Crippen molar-refractivity contribution in [2.24, 2.45) is 11.1 Å². The first-order chi connectivity index (χ1) is 8.98. The van der Waals surface area contributed by atoms with E-state index in [4.69, 9.17) is 10.5 Å². The first-order valence-corrected chi connectivity index (χ1v) is 6.40. The lowest BCUT2D eigenvalue weighted by Crippen LogP contribution is -2.35. The fourth-order valence-electron chi connectivity index (χ4n) is 1.56. The second kappa shape index (κ2) is 7.21. The quantitative estimate of drug-likeness (QED) is 0.779. The molecule has 0 bridgehead atoms. The molecule has 1 amide bonds. The molecule has 0 aliphatic heterocycles. The summed E-state index contributed by atoms with van der Waals surface area (Å²) in [6.45, 7) is 5.90. The molecule has 0 atom stereocenters. The second-order valence-corrected chi connectivity index (χ2v) is 5.35. The van der Waals surface area contributed by atoms with Gasteiger partial charge in [-0.25, -0.2) is 0 Å². The number of nitrogens with zero attached hydrogens (tertiary/aromatic N) is 1. The number of methoxy groups -OCH3 is 1. The Morgan fingerprint density at radius 1 is 1.47 bits per heavy atom. The maximum absolute atomic E-state index is 11.9. The van der Waals surface area contributed by atoms with Crippen LogP contribution in [0.2, 0.25) is 0 Å². The summed E-state index contributed by atoms with van der Waals surface area (Å²) in [4.78, 5) is 16.0. The molecule has 5 nitrogen and oxygen atoms in total. The summed E-state index contributed by atoms with van der Waals surface area (Å²) in [5.74, 6) is -0.158. The third-order valence-corrected chi connectivity index (χ3v) is 3.00. The first-order valence-electron chi connectivity index (χ1n) is 6.40. The van der Waals surface area contributed by atoms with Crippen LogP contribution in [0.5, 0.6) is 0 Å². The van der Waals surface area contributed by atoms with Crippen LogP contribution in [0.4, 0.5) is 0 Å². The molecule has 3 N–H and O–H groups in total. The molecule has 0 aliphatic rings. The van der Waals surface area contributed by atoms with Gasteiger partial charge in [0.1, 0.15) is 5.69 Å². The number of carbonyl (C=O) groups excluding carboxylic acids is 1. The molecule has 0 fully saturated rings. The van der Waals surface area contributed by atoms with E-state index in [0.717, 1.165) is 12.0 Å². The number of carbonyl (C=O) groups is 1. The highest BCUT2D eigenvalue weighted by molar-refractivity contribution is 5.92. The van der Waals surface area contributed by atoms with Gasteiger partial charge < -0.3 is 15.8 Å². The average Bonchev–Trinajstić information content (AvgIpc) is 2.43. The van der Waals surface area contributed by atoms with E-state index in [2.05, 4.69) is 24.1 Å². The van der Waals surface area contributed by atoms with E-state index in [0.29, 0.717) is 25.4 Å². The van der Waals surface area contributed by atoms with Crippen molar-refractivity contribution >= 4 is 5.91 Å². The van der Waals surface area contributed by atoms with Crippen molar-refractivity contribution in [2.45, 2.75) is 26.8 Å². The molecule has 0 saturated carbocycles. The molecule has 1 heterocycles. The molecule has 1 aromatic rings. The van der Waals surface area contributed by atoms with Gasteiger partial charge in [-0.15, -0.1) is 0 Å². The fourth-order valence-corrected chi connectivity index (χ4v) is 1.56. The number of hydrogen-bond acceptors (Lipinski definition) is 4. The monoisotopic (exact) mass is 265 g/mol. The van der Waals surface area contributed by atoms with Gasteiger partial charge in [0.15, 0.2) is 0 Å². The van der Waals surface area contributed by atoms with Gasteiger partial charge >= 0.3 is 0 Å². The third kappa shape index (κ3) is 5.36. The van der Waals surface area contributed by atoms with Crippen molar-refractivity contribution in [3.63, 3.8) is 0 Å². The zero-order valence-corrected chi connectivity index (χ0v) is 11.9. The Balaban J connectivity index is 2.50. The highest BCUT2D eigenvalue weighted by Crippen LogP contribution is 2.18. The molecule has 5 heteroatoms. The third-order valence-electron chi connectivity index (χ3n) is 3.00. The molecular formula is C14H23N3O2. The lowest BCUT2D eigenvalue weighted by atomic mass is 9.89. The molecule has 106 valence electrons. The van der Waals surface area contributed by atoms with Crippen LogP contribution in [0.1, 0.15) is 36.3 Å². The Hall–Kier alpha value is -1.46. The first kappa shape index (κ1) is 15.6. The van der Waals surface area contributed by atoms with Crippen LogP contribution < -0.4 is 11.1 Å². The number of pyridine rings is 1. The molecular weight excluding hydrogens is 242 g/mol. The molecule has 19 heavy (non-hydrogen) atoms. The van der Waals surface area contributed by atoms with Gasteiger partial charge in [-0.3, -0.25) is 9.78 Å². The largest absolute Gasteiger partial charge is 0.385 e. The summed E-state index contributed by atoms with van der Waals surface area (Å²) in [5.41, 5.74) is 6.82. The van der Waals surface area contributed by atoms with E-state index >= 15 is 0 Å². The topological polar surface area (TPSA) is 77.2 Å². The highest BCUT2D eigenvalue weighted by Gasteiger charge is 2.19. The van der Waals surface area contributed by atoms with Gasteiger partial charge in [-0.05, 0) is 23.5 Å². The molecule has 1 aromatic heterocycles. The fraction of sp³-hybridized carbons (Fsp3) is 0.571. The van der Waals surface area contributed by atoms with Crippen molar-refractivity contribution in [3.05, 3.63) is 29.6 Å². The lowest BCUT2D eigenvalue weighted by molar-refractivity contribution is 0.0916. The summed E-state index contributed by atoms with van der Waals surface area (Å²) in [6, 6.07) is 3.51. The Labute approximate surface area is 114 Å². The normalized spacial score (nSPS) is 11.4. The zero-order chi connectivity index (χ0) is 14.3. The van der Waals surface area contributed by atoms with E-state index in [1.165, 1.54) is 0 Å². The number of hydrogen-bond donors (Lipinski definition) is 2. The second-order valence-electron chi connectivity index (χ2n) is 5.35. The van der Waals surface area contributed by atoms with Crippen molar-refractivity contribution in [2.75, 3.05) is 20.3 Å². The van der Waals surface area contributed by atoms with Crippen molar-refractivity contribution in [3.8, 4) is 0 Å². The van der Waals surface area contributed by atoms with Crippen LogP contribution >= 0.6 is 0 Å². The average molecular weight is 265 g/mol. The minimum atomic E-state index is -0.158. The van der Waals surface area contributed by atoms with Gasteiger partial charge in [0.2, 0.25) is 0 Å². The smallest absolute Gasteiger partial charge is 0.269 e. The summed E-state index contributed by atoms with van der Waals surface area (Å²) >= 11 is 0.